The number of rotatable bonds is 5. The molecule has 0 N–H and O–H groups in total. The Labute approximate surface area is 125 Å². The smallest absolute Gasteiger partial charge is 0.277 e. The molecule has 0 aliphatic heterocycles. The Balaban J connectivity index is 2.53. The van der Waals surface area contributed by atoms with Crippen molar-refractivity contribution < 1.29 is 9.53 Å². The van der Waals surface area contributed by atoms with Gasteiger partial charge >= 0.3 is 0 Å². The second-order valence-corrected chi connectivity index (χ2v) is 6.53. The van der Waals surface area contributed by atoms with Crippen molar-refractivity contribution in [3.63, 3.8) is 0 Å². The van der Waals surface area contributed by atoms with Crippen LogP contribution in [0.15, 0.2) is 33.3 Å². The van der Waals surface area contributed by atoms with Crippen LogP contribution < -0.4 is 10.3 Å². The first kappa shape index (κ1) is 14.9. The van der Waals surface area contributed by atoms with E-state index in [1.807, 2.05) is 6.92 Å². The normalized spacial score (nSPS) is 10.6. The number of thioether (sulfide) groups is 1. The van der Waals surface area contributed by atoms with Crippen LogP contribution in [0.3, 0.4) is 0 Å². The number of nitrogens with zero attached hydrogens (tertiary/aromatic N) is 1. The Kier molecular flexibility index (Phi) is 4.67. The molecule has 0 bridgehead atoms. The summed E-state index contributed by atoms with van der Waals surface area (Å²) in [6.07, 6.45) is 0. The van der Waals surface area contributed by atoms with Crippen molar-refractivity contribution in [2.24, 2.45) is 0 Å². The monoisotopic (exact) mass is 309 g/mol. The lowest BCUT2D eigenvalue weighted by atomic mass is 10.2. The molecule has 0 amide bonds. The first-order valence-corrected chi connectivity index (χ1v) is 7.88. The molecular weight excluding hydrogens is 294 g/mol. The van der Waals surface area contributed by atoms with E-state index in [1.54, 1.807) is 35.3 Å². The van der Waals surface area contributed by atoms with E-state index in [9.17, 15) is 9.59 Å². The number of aromatic nitrogens is 1. The minimum atomic E-state index is -0.247. The number of methoxy groups -OCH3 is 1. The van der Waals surface area contributed by atoms with Gasteiger partial charge in [-0.3, -0.25) is 9.59 Å². The zero-order valence-corrected chi connectivity index (χ0v) is 13.1. The number of Topliss-reactive ketones (excluding diaryl/α,β-unsaturated/α-hetero) is 1. The molecule has 6 heteroatoms. The van der Waals surface area contributed by atoms with E-state index in [4.69, 9.17) is 4.74 Å². The minimum absolute atomic E-state index is 0.186. The topological polar surface area (TPSA) is 48.3 Å². The highest BCUT2D eigenvalue weighted by atomic mass is 32.2. The van der Waals surface area contributed by atoms with Gasteiger partial charge in [0.1, 0.15) is 11.3 Å². The molecule has 2 aromatic rings. The molecule has 0 spiro atoms. The summed E-state index contributed by atoms with van der Waals surface area (Å²) in [6.45, 7) is 3.43. The number of carbonyl (C=O) groups excluding carboxylic acids is 1. The number of ketones is 1. The Hall–Kier alpha value is -1.53. The summed E-state index contributed by atoms with van der Waals surface area (Å²) in [5.74, 6) is 1.37. The van der Waals surface area contributed by atoms with Crippen molar-refractivity contribution in [1.29, 1.82) is 0 Å². The van der Waals surface area contributed by atoms with Crippen molar-refractivity contribution >= 4 is 29.1 Å². The summed E-state index contributed by atoms with van der Waals surface area (Å²) >= 11 is 2.83. The van der Waals surface area contributed by atoms with E-state index < -0.39 is 0 Å². The summed E-state index contributed by atoms with van der Waals surface area (Å²) in [5.41, 5.74) is 0.785. The molecule has 2 rings (SSSR count). The van der Waals surface area contributed by atoms with Crippen LogP contribution in [0.1, 0.15) is 24.2 Å². The van der Waals surface area contributed by atoms with E-state index in [0.717, 1.165) is 21.4 Å². The van der Waals surface area contributed by atoms with Crippen molar-refractivity contribution in [3.8, 4) is 11.4 Å². The third-order valence-corrected chi connectivity index (χ3v) is 4.97. The number of hydrogen-bond donors (Lipinski definition) is 0. The van der Waals surface area contributed by atoms with Gasteiger partial charge in [0.25, 0.3) is 5.56 Å². The van der Waals surface area contributed by atoms with Crippen molar-refractivity contribution in [1.82, 2.24) is 3.96 Å². The molecule has 0 radical (unpaired) electrons. The molecular formula is C14H15NO3S2. The molecule has 20 heavy (non-hydrogen) atoms. The molecule has 0 atom stereocenters. The summed E-state index contributed by atoms with van der Waals surface area (Å²) in [5, 5.41) is 0. The van der Waals surface area contributed by atoms with Gasteiger partial charge in [0.05, 0.1) is 17.0 Å². The number of hydrogen-bond acceptors (Lipinski definition) is 5. The Bertz CT molecular complexity index is 671. The number of carbonyl (C=O) groups is 1. The van der Waals surface area contributed by atoms with E-state index >= 15 is 0 Å². The lowest BCUT2D eigenvalue weighted by Gasteiger charge is -2.02. The molecule has 0 aliphatic carbocycles. The fourth-order valence-corrected chi connectivity index (χ4v) is 4.09. The molecule has 0 fully saturated rings. The van der Waals surface area contributed by atoms with Crippen LogP contribution in [0.5, 0.6) is 5.75 Å². The van der Waals surface area contributed by atoms with Crippen LogP contribution in [-0.4, -0.2) is 22.6 Å². The summed E-state index contributed by atoms with van der Waals surface area (Å²) in [4.78, 5) is 24.0. The maximum absolute atomic E-state index is 12.4. The van der Waals surface area contributed by atoms with Crippen LogP contribution >= 0.6 is 23.3 Å². The van der Waals surface area contributed by atoms with Crippen molar-refractivity contribution in [2.75, 3.05) is 12.9 Å². The molecule has 0 saturated carbocycles. The first-order chi connectivity index (χ1) is 9.58. The molecule has 0 aliphatic rings. The lowest BCUT2D eigenvalue weighted by molar-refractivity contribution is 0.101. The van der Waals surface area contributed by atoms with Gasteiger partial charge < -0.3 is 4.74 Å². The quantitative estimate of drug-likeness (QED) is 0.628. The molecule has 1 heterocycles. The Morgan fingerprint density at radius 2 is 2.00 bits per heavy atom. The lowest BCUT2D eigenvalue weighted by Crippen LogP contribution is -2.17. The maximum Gasteiger partial charge on any atom is 0.277 e. The van der Waals surface area contributed by atoms with E-state index in [0.29, 0.717) is 0 Å². The van der Waals surface area contributed by atoms with Crippen molar-refractivity contribution in [2.45, 2.75) is 18.1 Å². The van der Waals surface area contributed by atoms with Gasteiger partial charge in [-0.1, -0.05) is 6.92 Å². The van der Waals surface area contributed by atoms with Gasteiger partial charge in [0, 0.05) is 0 Å². The van der Waals surface area contributed by atoms with Gasteiger partial charge in [-0.25, -0.2) is 3.96 Å². The first-order valence-electron chi connectivity index (χ1n) is 6.13. The second kappa shape index (κ2) is 6.28. The largest absolute Gasteiger partial charge is 0.497 e. The fraction of sp³-hybridized carbons (Fsp3) is 0.286. The average Bonchev–Trinajstić information content (AvgIpc) is 2.76. The van der Waals surface area contributed by atoms with Crippen LogP contribution in [-0.2, 0) is 0 Å². The molecule has 0 unspecified atom stereocenters. The van der Waals surface area contributed by atoms with E-state index in [2.05, 4.69) is 0 Å². The van der Waals surface area contributed by atoms with E-state index in [-0.39, 0.29) is 16.9 Å². The highest BCUT2D eigenvalue weighted by Gasteiger charge is 2.19. The van der Waals surface area contributed by atoms with Crippen LogP contribution in [0.4, 0.5) is 0 Å². The van der Waals surface area contributed by atoms with Crippen LogP contribution in [0.25, 0.3) is 5.69 Å². The third kappa shape index (κ3) is 2.81. The third-order valence-electron chi connectivity index (χ3n) is 2.71. The summed E-state index contributed by atoms with van der Waals surface area (Å²) < 4.78 is 7.43. The van der Waals surface area contributed by atoms with Crippen molar-refractivity contribution in [3.05, 3.63) is 40.2 Å². The predicted octanol–water partition coefficient (Wildman–Crippen LogP) is 3.22. The molecule has 106 valence electrons. The molecule has 4 nitrogen and oxygen atoms in total. The summed E-state index contributed by atoms with van der Waals surface area (Å²) in [7, 11) is 1.59. The van der Waals surface area contributed by atoms with Gasteiger partial charge in [0.2, 0.25) is 0 Å². The Morgan fingerprint density at radius 1 is 1.35 bits per heavy atom. The molecule has 1 aromatic carbocycles. The van der Waals surface area contributed by atoms with Crippen LogP contribution in [0, 0.1) is 0 Å². The highest BCUT2D eigenvalue weighted by Crippen LogP contribution is 2.28. The zero-order valence-electron chi connectivity index (χ0n) is 11.5. The highest BCUT2D eigenvalue weighted by molar-refractivity contribution is 8.01. The van der Waals surface area contributed by atoms with Gasteiger partial charge in [-0.15, -0.1) is 11.8 Å². The maximum atomic E-state index is 12.4. The predicted molar refractivity (Wildman–Crippen MR) is 82.9 cm³/mol. The van der Waals surface area contributed by atoms with E-state index in [1.165, 1.54) is 30.2 Å². The fourth-order valence-electron chi connectivity index (χ4n) is 1.77. The minimum Gasteiger partial charge on any atom is -0.497 e. The molecule has 1 aromatic heterocycles. The van der Waals surface area contributed by atoms with Crippen LogP contribution in [0.2, 0.25) is 0 Å². The number of benzene rings is 1. The molecule has 0 saturated heterocycles. The standard InChI is InChI=1S/C14H15NO3S2/c1-4-19-14-12(9(2)16)13(17)15(20-14)10-5-7-11(18-3)8-6-10/h5-8H,4H2,1-3H3. The SMILES string of the molecule is CCSc1sn(-c2ccc(OC)cc2)c(=O)c1C(C)=O. The summed E-state index contributed by atoms with van der Waals surface area (Å²) in [6, 6.07) is 7.20. The van der Waals surface area contributed by atoms with Gasteiger partial charge in [-0.05, 0) is 48.5 Å². The van der Waals surface area contributed by atoms with Gasteiger partial charge in [0.15, 0.2) is 5.78 Å². The Morgan fingerprint density at radius 3 is 2.50 bits per heavy atom. The second-order valence-electron chi connectivity index (χ2n) is 4.04. The number of ether oxygens (including phenoxy) is 1. The van der Waals surface area contributed by atoms with Gasteiger partial charge in [-0.2, -0.15) is 0 Å². The average molecular weight is 309 g/mol. The zero-order chi connectivity index (χ0) is 14.7.